The van der Waals surface area contributed by atoms with Gasteiger partial charge in [0.05, 0.1) is 37.0 Å². The summed E-state index contributed by atoms with van der Waals surface area (Å²) in [7, 11) is 1.80. The molecule has 0 radical (unpaired) electrons. The molecular formula is C15H20N2O4. The maximum Gasteiger partial charge on any atom is 0.340 e. The van der Waals surface area contributed by atoms with Crippen molar-refractivity contribution >= 4 is 17.6 Å². The summed E-state index contributed by atoms with van der Waals surface area (Å²) in [5.41, 5.74) is 0.815. The van der Waals surface area contributed by atoms with Crippen molar-refractivity contribution in [3.05, 3.63) is 29.8 Å². The van der Waals surface area contributed by atoms with E-state index in [2.05, 4.69) is 10.6 Å². The number of carbonyl (C=O) groups excluding carboxylic acids is 2. The van der Waals surface area contributed by atoms with Crippen LogP contribution < -0.4 is 10.6 Å². The topological polar surface area (TPSA) is 76.7 Å². The second-order valence-electron chi connectivity index (χ2n) is 4.79. The number of amides is 1. The highest BCUT2D eigenvalue weighted by molar-refractivity contribution is 6.02. The molecule has 1 saturated heterocycles. The van der Waals surface area contributed by atoms with E-state index in [0.29, 0.717) is 31.1 Å². The van der Waals surface area contributed by atoms with E-state index in [-0.39, 0.29) is 17.9 Å². The Bertz CT molecular complexity index is 518. The highest BCUT2D eigenvalue weighted by Crippen LogP contribution is 2.20. The summed E-state index contributed by atoms with van der Waals surface area (Å²) in [5.74, 6) is -0.880. The number of esters is 1. The van der Waals surface area contributed by atoms with Gasteiger partial charge in [-0.05, 0) is 26.1 Å². The molecule has 1 amide bonds. The van der Waals surface area contributed by atoms with Crippen LogP contribution in [0.2, 0.25) is 0 Å². The zero-order valence-corrected chi connectivity index (χ0v) is 12.2. The van der Waals surface area contributed by atoms with E-state index in [4.69, 9.17) is 9.47 Å². The first kappa shape index (κ1) is 15.5. The van der Waals surface area contributed by atoms with E-state index < -0.39 is 5.97 Å². The Labute approximate surface area is 123 Å². The van der Waals surface area contributed by atoms with Crippen molar-refractivity contribution in [3.63, 3.8) is 0 Å². The standard InChI is InChI=1S/C15H20N2O4/c1-3-21-15(19)10-6-4-5-7-12(10)17-14(18)11-8-20-9-13(11)16-2/h4-7,11,13,16H,3,8-9H2,1-2H3,(H,17,18). The third kappa shape index (κ3) is 3.59. The average molecular weight is 292 g/mol. The van der Waals surface area contributed by atoms with Crippen LogP contribution >= 0.6 is 0 Å². The zero-order valence-electron chi connectivity index (χ0n) is 12.2. The average Bonchev–Trinajstić information content (AvgIpc) is 2.96. The Morgan fingerprint density at radius 1 is 1.33 bits per heavy atom. The molecule has 2 N–H and O–H groups in total. The first-order chi connectivity index (χ1) is 10.2. The van der Waals surface area contributed by atoms with Crippen molar-refractivity contribution < 1.29 is 19.1 Å². The van der Waals surface area contributed by atoms with Crippen LogP contribution in [0.1, 0.15) is 17.3 Å². The fourth-order valence-corrected chi connectivity index (χ4v) is 2.30. The number of hydrogen-bond donors (Lipinski definition) is 2. The van der Waals surface area contributed by atoms with Crippen molar-refractivity contribution in [2.75, 3.05) is 32.2 Å². The maximum absolute atomic E-state index is 12.3. The van der Waals surface area contributed by atoms with E-state index >= 15 is 0 Å². The molecule has 1 aliphatic heterocycles. The van der Waals surface area contributed by atoms with Crippen LogP contribution in [0.4, 0.5) is 5.69 Å². The fourth-order valence-electron chi connectivity index (χ4n) is 2.30. The van der Waals surface area contributed by atoms with E-state index in [9.17, 15) is 9.59 Å². The lowest BCUT2D eigenvalue weighted by atomic mass is 10.0. The fraction of sp³-hybridized carbons (Fsp3) is 0.467. The summed E-state index contributed by atoms with van der Waals surface area (Å²) in [4.78, 5) is 24.2. The number of hydrogen-bond acceptors (Lipinski definition) is 5. The molecule has 2 atom stereocenters. The van der Waals surface area contributed by atoms with Crippen molar-refractivity contribution in [3.8, 4) is 0 Å². The van der Waals surface area contributed by atoms with Crippen LogP contribution in [-0.2, 0) is 14.3 Å². The molecule has 1 aromatic rings. The minimum atomic E-state index is -0.443. The number of carbonyl (C=O) groups is 2. The Morgan fingerprint density at radius 3 is 2.81 bits per heavy atom. The van der Waals surface area contributed by atoms with Gasteiger partial charge in [0.2, 0.25) is 5.91 Å². The number of para-hydroxylation sites is 1. The smallest absolute Gasteiger partial charge is 0.340 e. The summed E-state index contributed by atoms with van der Waals surface area (Å²) >= 11 is 0. The minimum Gasteiger partial charge on any atom is -0.462 e. The second kappa shape index (κ2) is 7.19. The lowest BCUT2D eigenvalue weighted by molar-refractivity contribution is -0.120. The number of likely N-dealkylation sites (N-methyl/N-ethyl adjacent to an activating group) is 1. The Morgan fingerprint density at radius 2 is 2.10 bits per heavy atom. The molecule has 114 valence electrons. The van der Waals surface area contributed by atoms with Crippen molar-refractivity contribution in [1.82, 2.24) is 5.32 Å². The number of benzene rings is 1. The van der Waals surface area contributed by atoms with Crippen LogP contribution in [0.15, 0.2) is 24.3 Å². The molecule has 0 aliphatic carbocycles. The molecule has 0 saturated carbocycles. The van der Waals surface area contributed by atoms with Crippen LogP contribution in [-0.4, -0.2) is 44.8 Å². The minimum absolute atomic E-state index is 0.0141. The molecule has 1 aromatic carbocycles. The normalized spacial score (nSPS) is 21.0. The predicted octanol–water partition coefficient (Wildman–Crippen LogP) is 1.04. The van der Waals surface area contributed by atoms with Gasteiger partial charge in [0.25, 0.3) is 0 Å². The van der Waals surface area contributed by atoms with Gasteiger partial charge in [0.1, 0.15) is 0 Å². The summed E-state index contributed by atoms with van der Waals surface area (Å²) in [6.45, 7) is 2.92. The largest absolute Gasteiger partial charge is 0.462 e. The maximum atomic E-state index is 12.3. The molecule has 1 heterocycles. The van der Waals surface area contributed by atoms with Gasteiger partial charge < -0.3 is 20.1 Å². The number of anilines is 1. The van der Waals surface area contributed by atoms with Crippen molar-refractivity contribution in [2.45, 2.75) is 13.0 Å². The lowest BCUT2D eigenvalue weighted by Crippen LogP contribution is -2.39. The quantitative estimate of drug-likeness (QED) is 0.793. The lowest BCUT2D eigenvalue weighted by Gasteiger charge is -2.17. The summed E-state index contributed by atoms with van der Waals surface area (Å²) in [6.07, 6.45) is 0. The molecule has 1 aliphatic rings. The first-order valence-corrected chi connectivity index (χ1v) is 6.99. The van der Waals surface area contributed by atoms with Gasteiger partial charge in [-0.25, -0.2) is 4.79 Å². The molecule has 6 nitrogen and oxygen atoms in total. The molecule has 2 unspecified atom stereocenters. The molecule has 6 heteroatoms. The van der Waals surface area contributed by atoms with Crippen LogP contribution in [0.3, 0.4) is 0 Å². The van der Waals surface area contributed by atoms with E-state index in [1.165, 1.54) is 0 Å². The second-order valence-corrected chi connectivity index (χ2v) is 4.79. The van der Waals surface area contributed by atoms with Crippen LogP contribution in [0.25, 0.3) is 0 Å². The monoisotopic (exact) mass is 292 g/mol. The first-order valence-electron chi connectivity index (χ1n) is 6.99. The van der Waals surface area contributed by atoms with Crippen molar-refractivity contribution in [2.24, 2.45) is 5.92 Å². The summed E-state index contributed by atoms with van der Waals surface area (Å²) in [6, 6.07) is 6.80. The Kier molecular flexibility index (Phi) is 5.30. The number of rotatable bonds is 5. The van der Waals surface area contributed by atoms with Crippen LogP contribution in [0.5, 0.6) is 0 Å². The van der Waals surface area contributed by atoms with Crippen molar-refractivity contribution in [1.29, 1.82) is 0 Å². The molecule has 2 rings (SSSR count). The third-order valence-corrected chi connectivity index (χ3v) is 3.47. The Balaban J connectivity index is 2.12. The highest BCUT2D eigenvalue weighted by Gasteiger charge is 2.33. The molecule has 0 spiro atoms. The number of nitrogens with one attached hydrogen (secondary N) is 2. The van der Waals surface area contributed by atoms with Gasteiger partial charge in [0, 0.05) is 6.04 Å². The van der Waals surface area contributed by atoms with Gasteiger partial charge in [-0.15, -0.1) is 0 Å². The van der Waals surface area contributed by atoms with Gasteiger partial charge in [-0.2, -0.15) is 0 Å². The zero-order chi connectivity index (χ0) is 15.2. The summed E-state index contributed by atoms with van der Waals surface area (Å²) in [5, 5.41) is 5.86. The van der Waals surface area contributed by atoms with Crippen LogP contribution in [0, 0.1) is 5.92 Å². The van der Waals surface area contributed by atoms with Gasteiger partial charge in [0.15, 0.2) is 0 Å². The van der Waals surface area contributed by atoms with Gasteiger partial charge >= 0.3 is 5.97 Å². The van der Waals surface area contributed by atoms with Gasteiger partial charge in [-0.1, -0.05) is 12.1 Å². The molecule has 1 fully saturated rings. The van der Waals surface area contributed by atoms with Gasteiger partial charge in [-0.3, -0.25) is 4.79 Å². The molecular weight excluding hydrogens is 272 g/mol. The molecule has 21 heavy (non-hydrogen) atoms. The van der Waals surface area contributed by atoms with E-state index in [1.54, 1.807) is 38.2 Å². The highest BCUT2D eigenvalue weighted by atomic mass is 16.5. The predicted molar refractivity (Wildman–Crippen MR) is 78.2 cm³/mol. The third-order valence-electron chi connectivity index (χ3n) is 3.47. The number of ether oxygens (including phenoxy) is 2. The Hall–Kier alpha value is -1.92. The summed E-state index contributed by atoms with van der Waals surface area (Å²) < 4.78 is 10.3. The molecule has 0 bridgehead atoms. The van der Waals surface area contributed by atoms with E-state index in [0.717, 1.165) is 0 Å². The van der Waals surface area contributed by atoms with E-state index in [1.807, 2.05) is 0 Å². The molecule has 0 aromatic heterocycles. The SMILES string of the molecule is CCOC(=O)c1ccccc1NC(=O)C1COCC1NC.